The van der Waals surface area contributed by atoms with E-state index < -0.39 is 0 Å². The molecule has 0 amide bonds. The van der Waals surface area contributed by atoms with Crippen molar-refractivity contribution in [1.29, 1.82) is 0 Å². The van der Waals surface area contributed by atoms with E-state index in [0.29, 0.717) is 0 Å². The number of hydrogen-bond donors (Lipinski definition) is 0. The molecule has 1 saturated heterocycles. The van der Waals surface area contributed by atoms with Crippen molar-refractivity contribution in [3.05, 3.63) is 11.5 Å². The van der Waals surface area contributed by atoms with Crippen molar-refractivity contribution in [3.63, 3.8) is 0 Å². The highest BCUT2D eigenvalue weighted by Gasteiger charge is 2.51. The maximum atomic E-state index is 6.08. The van der Waals surface area contributed by atoms with Gasteiger partial charge in [-0.25, -0.2) is 0 Å². The maximum Gasteiger partial charge on any atom is 0.489 e. The quantitative estimate of drug-likeness (QED) is 0.685. The lowest BCUT2D eigenvalue weighted by atomic mass is 9.75. The van der Waals surface area contributed by atoms with Crippen LogP contribution < -0.4 is 0 Å². The van der Waals surface area contributed by atoms with Crippen LogP contribution in [0.4, 0.5) is 0 Å². The molecule has 3 heteroatoms. The van der Waals surface area contributed by atoms with Crippen LogP contribution in [0.5, 0.6) is 0 Å². The molecule has 0 bridgehead atoms. The largest absolute Gasteiger partial charge is 0.489 e. The van der Waals surface area contributed by atoms with E-state index in [1.807, 2.05) is 0 Å². The Balaban J connectivity index is 2.02. The second-order valence-electron chi connectivity index (χ2n) is 6.90. The second kappa shape index (κ2) is 5.01. The first-order valence-corrected chi connectivity index (χ1v) is 7.36. The van der Waals surface area contributed by atoms with Crippen molar-refractivity contribution in [2.75, 3.05) is 0 Å². The zero-order chi connectivity index (χ0) is 13.4. The third kappa shape index (κ3) is 2.83. The first kappa shape index (κ1) is 14.1. The average molecular weight is 250 g/mol. The van der Waals surface area contributed by atoms with Gasteiger partial charge in [0.15, 0.2) is 0 Å². The Bertz CT molecular complexity index is 311. The fraction of sp³-hybridized carbons (Fsp3) is 0.867. The molecular weight excluding hydrogens is 223 g/mol. The van der Waals surface area contributed by atoms with E-state index >= 15 is 0 Å². The van der Waals surface area contributed by atoms with Gasteiger partial charge in [0.1, 0.15) is 0 Å². The van der Waals surface area contributed by atoms with Crippen molar-refractivity contribution in [2.45, 2.75) is 77.9 Å². The van der Waals surface area contributed by atoms with Crippen LogP contribution in [-0.2, 0) is 9.31 Å². The zero-order valence-corrected chi connectivity index (χ0v) is 12.6. The van der Waals surface area contributed by atoms with Gasteiger partial charge in [-0.2, -0.15) is 0 Å². The van der Waals surface area contributed by atoms with Gasteiger partial charge in [-0.05, 0) is 58.9 Å². The molecule has 2 fully saturated rings. The molecular formula is C15H27BO2. The molecule has 102 valence electrons. The number of rotatable bonds is 2. The summed E-state index contributed by atoms with van der Waals surface area (Å²) >= 11 is 0. The Hall–Kier alpha value is -0.275. The summed E-state index contributed by atoms with van der Waals surface area (Å²) in [5.41, 5.74) is 0.805. The van der Waals surface area contributed by atoms with Gasteiger partial charge in [0.25, 0.3) is 0 Å². The molecule has 2 nitrogen and oxygen atoms in total. The summed E-state index contributed by atoms with van der Waals surface area (Å²) in [6, 6.07) is 0. The predicted molar refractivity (Wildman–Crippen MR) is 76.4 cm³/mol. The monoisotopic (exact) mass is 250 g/mol. The summed E-state index contributed by atoms with van der Waals surface area (Å²) in [5.74, 6) is 0.734. The van der Waals surface area contributed by atoms with Gasteiger partial charge in [0, 0.05) is 0 Å². The minimum Gasteiger partial charge on any atom is -0.400 e. The highest BCUT2D eigenvalue weighted by atomic mass is 16.7. The lowest BCUT2D eigenvalue weighted by Gasteiger charge is -2.32. The fourth-order valence-electron chi connectivity index (χ4n) is 2.78. The normalized spacial score (nSPS) is 28.7. The van der Waals surface area contributed by atoms with Gasteiger partial charge in [-0.1, -0.05) is 25.3 Å². The molecule has 0 spiro atoms. The van der Waals surface area contributed by atoms with Crippen LogP contribution in [0.15, 0.2) is 11.5 Å². The smallest absolute Gasteiger partial charge is 0.400 e. The van der Waals surface area contributed by atoms with Crippen molar-refractivity contribution >= 4 is 7.12 Å². The highest BCUT2D eigenvalue weighted by Crippen LogP contribution is 2.39. The van der Waals surface area contributed by atoms with Gasteiger partial charge >= 0.3 is 7.12 Å². The lowest BCUT2D eigenvalue weighted by molar-refractivity contribution is 0.00578. The van der Waals surface area contributed by atoms with Crippen molar-refractivity contribution in [3.8, 4) is 0 Å². The summed E-state index contributed by atoms with van der Waals surface area (Å²) in [6.45, 7) is 10.6. The SMILES string of the molecule is C/C(=C/C1CCCCC1)B1OC(C)(C)C(C)(C)O1. The van der Waals surface area contributed by atoms with E-state index in [-0.39, 0.29) is 18.3 Å². The van der Waals surface area contributed by atoms with E-state index in [1.165, 1.54) is 37.6 Å². The Kier molecular flexibility index (Phi) is 3.94. The number of allylic oxidation sites excluding steroid dienone is 2. The van der Waals surface area contributed by atoms with Crippen LogP contribution in [0.3, 0.4) is 0 Å². The van der Waals surface area contributed by atoms with Crippen LogP contribution in [0.25, 0.3) is 0 Å². The highest BCUT2D eigenvalue weighted by molar-refractivity contribution is 6.54. The second-order valence-corrected chi connectivity index (χ2v) is 6.90. The van der Waals surface area contributed by atoms with Gasteiger partial charge in [-0.3, -0.25) is 0 Å². The third-order valence-electron chi connectivity index (χ3n) is 4.77. The molecule has 18 heavy (non-hydrogen) atoms. The summed E-state index contributed by atoms with van der Waals surface area (Å²) in [5, 5.41) is 0. The Morgan fingerprint density at radius 3 is 2.00 bits per heavy atom. The van der Waals surface area contributed by atoms with E-state index in [2.05, 4.69) is 40.7 Å². The Morgan fingerprint density at radius 2 is 1.50 bits per heavy atom. The summed E-state index contributed by atoms with van der Waals surface area (Å²) in [4.78, 5) is 0. The van der Waals surface area contributed by atoms with E-state index in [0.717, 1.165) is 5.92 Å². The molecule has 2 rings (SSSR count). The minimum atomic E-state index is -0.223. The molecule has 0 atom stereocenters. The molecule has 2 aliphatic rings. The lowest BCUT2D eigenvalue weighted by Crippen LogP contribution is -2.41. The number of hydrogen-bond acceptors (Lipinski definition) is 2. The molecule has 0 N–H and O–H groups in total. The molecule has 1 aliphatic heterocycles. The van der Waals surface area contributed by atoms with Crippen molar-refractivity contribution < 1.29 is 9.31 Å². The first-order chi connectivity index (χ1) is 8.32. The molecule has 0 aromatic heterocycles. The van der Waals surface area contributed by atoms with E-state index in [9.17, 15) is 0 Å². The van der Waals surface area contributed by atoms with Gasteiger partial charge in [0.05, 0.1) is 11.2 Å². The molecule has 0 aromatic carbocycles. The van der Waals surface area contributed by atoms with Crippen LogP contribution in [0.1, 0.15) is 66.7 Å². The Morgan fingerprint density at radius 1 is 1.00 bits per heavy atom. The van der Waals surface area contributed by atoms with Crippen molar-refractivity contribution in [1.82, 2.24) is 0 Å². The summed E-state index contributed by atoms with van der Waals surface area (Å²) < 4.78 is 12.2. The first-order valence-electron chi connectivity index (χ1n) is 7.36. The minimum absolute atomic E-state index is 0.156. The summed E-state index contributed by atoms with van der Waals surface area (Å²) in [7, 11) is -0.156. The van der Waals surface area contributed by atoms with E-state index in [1.54, 1.807) is 0 Å². The summed E-state index contributed by atoms with van der Waals surface area (Å²) in [6.07, 6.45) is 9.20. The molecule has 0 aromatic rings. The maximum absolute atomic E-state index is 6.08. The molecule has 0 radical (unpaired) electrons. The van der Waals surface area contributed by atoms with Gasteiger partial charge < -0.3 is 9.31 Å². The van der Waals surface area contributed by atoms with Crippen LogP contribution in [0.2, 0.25) is 0 Å². The van der Waals surface area contributed by atoms with Gasteiger partial charge in [0.2, 0.25) is 0 Å². The van der Waals surface area contributed by atoms with Crippen LogP contribution in [-0.4, -0.2) is 18.3 Å². The topological polar surface area (TPSA) is 18.5 Å². The molecule has 1 heterocycles. The average Bonchev–Trinajstić information content (AvgIpc) is 2.50. The molecule has 1 saturated carbocycles. The standard InChI is InChI=1S/C15H27BO2/c1-12(11-13-9-7-6-8-10-13)16-17-14(2,3)15(4,5)18-16/h11,13H,6-10H2,1-5H3/b12-11-. The van der Waals surface area contributed by atoms with Gasteiger partial charge in [-0.15, -0.1) is 0 Å². The van der Waals surface area contributed by atoms with E-state index in [4.69, 9.17) is 9.31 Å². The zero-order valence-electron chi connectivity index (χ0n) is 12.6. The third-order valence-corrected chi connectivity index (χ3v) is 4.77. The van der Waals surface area contributed by atoms with Crippen molar-refractivity contribution in [2.24, 2.45) is 5.92 Å². The fourth-order valence-corrected chi connectivity index (χ4v) is 2.78. The van der Waals surface area contributed by atoms with Crippen LogP contribution >= 0.6 is 0 Å². The Labute approximate surface area is 112 Å². The molecule has 0 unspecified atom stereocenters. The predicted octanol–water partition coefficient (Wildman–Crippen LogP) is 4.14. The van der Waals surface area contributed by atoms with Crippen LogP contribution in [0, 0.1) is 5.92 Å². The molecule has 1 aliphatic carbocycles.